The van der Waals surface area contributed by atoms with Crippen LogP contribution in [0.5, 0.6) is 0 Å². The zero-order chi connectivity index (χ0) is 82.9. The molecule has 0 unspecified atom stereocenters. The van der Waals surface area contributed by atoms with Crippen LogP contribution in [0.2, 0.25) is 0 Å². The molecule has 0 bridgehead atoms. The molecule has 18 aromatic carbocycles. The van der Waals surface area contributed by atoms with Crippen molar-refractivity contribution in [2.75, 3.05) is 0 Å². The molecule has 0 spiro atoms. The smallest absolute Gasteiger partial charge is 0.164 e. The molecule has 0 amide bonds. The van der Waals surface area contributed by atoms with Gasteiger partial charge in [-0.1, -0.05) is 303 Å². The van der Waals surface area contributed by atoms with Crippen LogP contribution in [0.15, 0.2) is 427 Å². The molecule has 0 aliphatic rings. The highest BCUT2D eigenvalue weighted by atomic mass is 16.3. The summed E-state index contributed by atoms with van der Waals surface area (Å²) in [5, 5.41) is 13.0. The van der Waals surface area contributed by atoms with Crippen LogP contribution in [-0.2, 0) is 0 Å². The van der Waals surface area contributed by atoms with E-state index in [4.69, 9.17) is 56.4 Å². The number of para-hydroxylation sites is 10. The normalized spacial score (nSPS) is 11.8. The van der Waals surface area contributed by atoms with Gasteiger partial charge in [0.15, 0.2) is 34.9 Å². The summed E-state index contributed by atoms with van der Waals surface area (Å²) in [6, 6.07) is 137. The summed E-state index contributed by atoms with van der Waals surface area (Å²) in [6.07, 6.45) is 0. The fourth-order valence-electron chi connectivity index (χ4n) is 18.2. The van der Waals surface area contributed by atoms with E-state index in [-0.39, 0.29) is 0 Å². The first kappa shape index (κ1) is 71.7. The van der Waals surface area contributed by atoms with Crippen molar-refractivity contribution in [1.29, 1.82) is 0 Å². The van der Waals surface area contributed by atoms with Gasteiger partial charge in [0.2, 0.25) is 0 Å². The van der Waals surface area contributed by atoms with Crippen molar-refractivity contribution in [3.63, 3.8) is 0 Å². The SMILES string of the molecule is c1ccc(-c2nc(-c3ccc(-c4cccc5c4oc4ccccc45)cc3)nc(-c3cc(-c4ccc5oc6ccccc6c5c4)cc(-c4ccc5oc6ccccc6c5c4)c3)n2)cc1.c1ccc(-c2nc(-c3ccc(-c4cccc5c4oc4ccccc45)cc3)nc(-c3cc(-c4cccc5c4oc4ccccc45)cc(-c4cccc5c4oc4ccccc45)c3)n2)cc1. The number of benzene rings is 18. The third kappa shape index (κ3) is 12.4. The van der Waals surface area contributed by atoms with Crippen molar-refractivity contribution in [2.45, 2.75) is 0 Å². The van der Waals surface area contributed by atoms with Crippen LogP contribution in [0.25, 0.3) is 267 Å². The van der Waals surface area contributed by atoms with Gasteiger partial charge in [-0.05, 0) is 142 Å². The maximum atomic E-state index is 6.61. The minimum atomic E-state index is 0.548. The largest absolute Gasteiger partial charge is 0.456 e. The van der Waals surface area contributed by atoms with E-state index in [0.717, 1.165) is 232 Å². The van der Waals surface area contributed by atoms with Crippen LogP contribution in [0.1, 0.15) is 0 Å². The predicted molar refractivity (Wildman–Crippen MR) is 509 cm³/mol. The topological polar surface area (TPSA) is 156 Å². The van der Waals surface area contributed by atoms with E-state index < -0.39 is 0 Å². The third-order valence-corrected chi connectivity index (χ3v) is 24.3. The lowest BCUT2D eigenvalue weighted by Gasteiger charge is -2.13. The quantitative estimate of drug-likeness (QED) is 0.114. The second-order valence-corrected chi connectivity index (χ2v) is 31.8. The second kappa shape index (κ2) is 29.3. The Hall–Kier alpha value is -17.2. The minimum Gasteiger partial charge on any atom is -0.456 e. The molecule has 8 aromatic heterocycles. The second-order valence-electron chi connectivity index (χ2n) is 31.8. The molecular formula is C114H66N6O6. The van der Waals surface area contributed by atoms with Crippen LogP contribution in [0.4, 0.5) is 0 Å². The first-order valence-electron chi connectivity index (χ1n) is 42.0. The summed E-state index contributed by atoms with van der Waals surface area (Å²) in [7, 11) is 0. The van der Waals surface area contributed by atoms with Crippen molar-refractivity contribution < 1.29 is 26.5 Å². The number of fused-ring (bicyclic) bond motifs is 18. The molecule has 26 aromatic rings. The molecule has 0 fully saturated rings. The number of furan rings is 6. The molecule has 126 heavy (non-hydrogen) atoms. The van der Waals surface area contributed by atoms with E-state index in [9.17, 15) is 0 Å². The van der Waals surface area contributed by atoms with Crippen molar-refractivity contribution in [1.82, 2.24) is 29.9 Å². The summed E-state index contributed by atoms with van der Waals surface area (Å²) < 4.78 is 38.5. The molecular weight excluding hydrogens is 1550 g/mol. The van der Waals surface area contributed by atoms with Crippen molar-refractivity contribution >= 4 is 132 Å². The molecule has 0 aliphatic carbocycles. The fraction of sp³-hybridized carbons (Fsp3) is 0. The molecule has 0 saturated heterocycles. The van der Waals surface area contributed by atoms with Gasteiger partial charge in [-0.3, -0.25) is 0 Å². The summed E-state index contributed by atoms with van der Waals surface area (Å²) >= 11 is 0. The average Bonchev–Trinajstić information content (AvgIpc) is 1.52. The van der Waals surface area contributed by atoms with Crippen molar-refractivity contribution in [3.8, 4) is 135 Å². The molecule has 588 valence electrons. The number of hydrogen-bond acceptors (Lipinski definition) is 12. The lowest BCUT2D eigenvalue weighted by atomic mass is 9.94. The van der Waals surface area contributed by atoms with Gasteiger partial charge in [-0.25, -0.2) is 29.9 Å². The molecule has 26 rings (SSSR count). The van der Waals surface area contributed by atoms with Gasteiger partial charge >= 0.3 is 0 Å². The maximum absolute atomic E-state index is 6.61. The Bertz CT molecular complexity index is 8600. The van der Waals surface area contributed by atoms with E-state index in [1.165, 1.54) is 0 Å². The summed E-state index contributed by atoms with van der Waals surface area (Å²) in [4.78, 5) is 31.1. The third-order valence-electron chi connectivity index (χ3n) is 24.3. The van der Waals surface area contributed by atoms with Crippen LogP contribution >= 0.6 is 0 Å². The van der Waals surface area contributed by atoms with Gasteiger partial charge in [0.1, 0.15) is 67.0 Å². The Morgan fingerprint density at radius 2 is 0.333 bits per heavy atom. The summed E-state index contributed by atoms with van der Waals surface area (Å²) in [5.74, 6) is 3.44. The van der Waals surface area contributed by atoms with Gasteiger partial charge in [-0.15, -0.1) is 0 Å². The molecule has 0 aliphatic heterocycles. The van der Waals surface area contributed by atoms with Crippen molar-refractivity contribution in [3.05, 3.63) is 400 Å². The fourth-order valence-corrected chi connectivity index (χ4v) is 18.2. The first-order chi connectivity index (χ1) is 62.4. The Labute approximate surface area is 718 Å². The van der Waals surface area contributed by atoms with E-state index in [1.54, 1.807) is 0 Å². The molecule has 12 nitrogen and oxygen atoms in total. The predicted octanol–water partition coefficient (Wildman–Crippen LogP) is 31.1. The molecule has 12 heteroatoms. The highest BCUT2D eigenvalue weighted by Crippen LogP contribution is 2.46. The Kier molecular flexibility index (Phi) is 16.7. The van der Waals surface area contributed by atoms with Gasteiger partial charge in [0, 0.05) is 120 Å². The average molecular weight is 1620 g/mol. The molecule has 0 saturated carbocycles. The van der Waals surface area contributed by atoms with Crippen LogP contribution in [-0.4, -0.2) is 29.9 Å². The van der Waals surface area contributed by atoms with Crippen LogP contribution in [0, 0.1) is 0 Å². The standard InChI is InChI=1S/2C57H33N3O3/c1-2-11-35(12-3-1)55-58-56(36-23-21-34(22-24-36)42-16-10-17-46-43-13-4-9-20-51(43)63-54(42)46)60-57(59-55)41-30-39(37-25-27-52-47(32-37)44-14-5-7-18-49(44)61-52)29-40(31-41)38-26-28-53-48(33-38)45-15-6-8-19-50(45)62-53;1-2-13-35(14-3-1)55-58-56(36-29-27-34(28-30-36)40-18-10-21-46-43-15-4-7-24-49(43)61-52(40)46)60-57(59-55)39-32-37(41-19-11-22-47-44-16-5-8-25-50(44)62-53(41)47)31-38(33-39)42-20-12-23-48-45-17-6-9-26-51(45)63-54(42)48/h2*1-33H. The maximum Gasteiger partial charge on any atom is 0.164 e. The first-order valence-corrected chi connectivity index (χ1v) is 42.0. The lowest BCUT2D eigenvalue weighted by Crippen LogP contribution is -2.00. The Morgan fingerprint density at radius 3 is 0.659 bits per heavy atom. The van der Waals surface area contributed by atoms with Gasteiger partial charge < -0.3 is 26.5 Å². The summed E-state index contributed by atoms with van der Waals surface area (Å²) in [6.45, 7) is 0. The van der Waals surface area contributed by atoms with Gasteiger partial charge in [0.05, 0.1) is 0 Å². The minimum absolute atomic E-state index is 0.548. The Morgan fingerprint density at radius 1 is 0.119 bits per heavy atom. The highest BCUT2D eigenvalue weighted by Gasteiger charge is 2.24. The molecule has 0 atom stereocenters. The zero-order valence-corrected chi connectivity index (χ0v) is 67.2. The highest BCUT2D eigenvalue weighted by molar-refractivity contribution is 6.15. The van der Waals surface area contributed by atoms with Crippen LogP contribution < -0.4 is 0 Å². The van der Waals surface area contributed by atoms with Crippen LogP contribution in [0.3, 0.4) is 0 Å². The lowest BCUT2D eigenvalue weighted by molar-refractivity contribution is 0.668. The van der Waals surface area contributed by atoms with E-state index in [0.29, 0.717) is 34.9 Å². The van der Waals surface area contributed by atoms with Crippen molar-refractivity contribution in [2.24, 2.45) is 0 Å². The van der Waals surface area contributed by atoms with E-state index >= 15 is 0 Å². The molecule has 0 N–H and O–H groups in total. The number of nitrogens with zero attached hydrogens (tertiary/aromatic N) is 6. The molecule has 0 radical (unpaired) electrons. The monoisotopic (exact) mass is 1610 g/mol. The zero-order valence-electron chi connectivity index (χ0n) is 67.2. The van der Waals surface area contributed by atoms with Gasteiger partial charge in [0.25, 0.3) is 0 Å². The molecule has 8 heterocycles. The van der Waals surface area contributed by atoms with E-state index in [1.807, 2.05) is 158 Å². The van der Waals surface area contributed by atoms with Gasteiger partial charge in [-0.2, -0.15) is 0 Å². The summed E-state index contributed by atoms with van der Waals surface area (Å²) in [5.41, 5.74) is 27.7. The number of aromatic nitrogens is 6. The number of rotatable bonds is 12. The van der Waals surface area contributed by atoms with E-state index in [2.05, 4.69) is 243 Å². The Balaban J connectivity index is 0.000000137. The number of hydrogen-bond donors (Lipinski definition) is 0.